The number of hydrogen-bond donors (Lipinski definition) is 2. The predicted molar refractivity (Wildman–Crippen MR) is 77.3 cm³/mol. The number of nitrogens with zero attached hydrogens (tertiary/aromatic N) is 1. The molecule has 114 valence electrons. The predicted octanol–water partition coefficient (Wildman–Crippen LogP) is 0.483. The standard InChI is InChI=1S/C15H27N3O2/c16-9-11-3-1-2-4-13(11)18-7-8-20-10-14(18)15(19)17-12-5-6-12/h11-14H,1-10,16H2,(H,17,19). The molecule has 0 aromatic heterocycles. The molecular formula is C15H27N3O2. The van der Waals surface area contributed by atoms with Gasteiger partial charge in [-0.25, -0.2) is 0 Å². The lowest BCUT2D eigenvalue weighted by molar-refractivity contribution is -0.136. The highest BCUT2D eigenvalue weighted by Gasteiger charge is 2.39. The van der Waals surface area contributed by atoms with E-state index in [1.807, 2.05) is 0 Å². The molecule has 2 saturated carbocycles. The highest BCUT2D eigenvalue weighted by molar-refractivity contribution is 5.82. The number of hydrogen-bond acceptors (Lipinski definition) is 4. The fourth-order valence-electron chi connectivity index (χ4n) is 3.66. The van der Waals surface area contributed by atoms with Gasteiger partial charge in [0.25, 0.3) is 0 Å². The molecule has 1 amide bonds. The van der Waals surface area contributed by atoms with E-state index >= 15 is 0 Å². The van der Waals surface area contributed by atoms with Gasteiger partial charge >= 0.3 is 0 Å². The molecule has 3 atom stereocenters. The zero-order valence-electron chi connectivity index (χ0n) is 12.2. The number of morpholine rings is 1. The van der Waals surface area contributed by atoms with E-state index in [1.54, 1.807) is 0 Å². The summed E-state index contributed by atoms with van der Waals surface area (Å²) in [6, 6.07) is 0.775. The van der Waals surface area contributed by atoms with E-state index in [9.17, 15) is 4.79 Å². The summed E-state index contributed by atoms with van der Waals surface area (Å²) in [5.41, 5.74) is 5.95. The van der Waals surface area contributed by atoms with Crippen LogP contribution >= 0.6 is 0 Å². The van der Waals surface area contributed by atoms with Crippen molar-refractivity contribution in [2.45, 2.75) is 56.7 Å². The number of nitrogens with one attached hydrogen (secondary N) is 1. The van der Waals surface area contributed by atoms with Crippen LogP contribution in [0.5, 0.6) is 0 Å². The summed E-state index contributed by atoms with van der Waals surface area (Å²) < 4.78 is 5.56. The normalized spacial score (nSPS) is 35.8. The number of nitrogens with two attached hydrogens (primary N) is 1. The lowest BCUT2D eigenvalue weighted by atomic mass is 9.82. The van der Waals surface area contributed by atoms with Gasteiger partial charge in [-0.05, 0) is 38.1 Å². The first-order valence-corrected chi connectivity index (χ1v) is 8.13. The number of carbonyl (C=O) groups excluding carboxylic acids is 1. The van der Waals surface area contributed by atoms with Gasteiger partial charge in [0.15, 0.2) is 0 Å². The Kier molecular flexibility index (Phi) is 4.58. The minimum Gasteiger partial charge on any atom is -0.378 e. The lowest BCUT2D eigenvalue weighted by Gasteiger charge is -2.45. The van der Waals surface area contributed by atoms with E-state index in [1.165, 1.54) is 25.7 Å². The van der Waals surface area contributed by atoms with Crippen molar-refractivity contribution in [2.24, 2.45) is 11.7 Å². The first kappa shape index (κ1) is 14.3. The molecular weight excluding hydrogens is 254 g/mol. The van der Waals surface area contributed by atoms with Gasteiger partial charge in [-0.1, -0.05) is 12.8 Å². The van der Waals surface area contributed by atoms with Crippen LogP contribution in [0.2, 0.25) is 0 Å². The molecule has 1 aliphatic heterocycles. The van der Waals surface area contributed by atoms with Crippen LogP contribution in [0.25, 0.3) is 0 Å². The van der Waals surface area contributed by atoms with Crippen molar-refractivity contribution >= 4 is 5.91 Å². The van der Waals surface area contributed by atoms with Gasteiger partial charge in [-0.2, -0.15) is 0 Å². The Balaban J connectivity index is 1.68. The molecule has 5 heteroatoms. The van der Waals surface area contributed by atoms with Crippen molar-refractivity contribution in [2.75, 3.05) is 26.3 Å². The number of carbonyl (C=O) groups is 1. The van der Waals surface area contributed by atoms with Crippen LogP contribution < -0.4 is 11.1 Å². The summed E-state index contributed by atoms with van der Waals surface area (Å²) in [7, 11) is 0. The fraction of sp³-hybridized carbons (Fsp3) is 0.933. The van der Waals surface area contributed by atoms with Crippen LogP contribution in [0.3, 0.4) is 0 Å². The van der Waals surface area contributed by atoms with Crippen molar-refractivity contribution < 1.29 is 9.53 Å². The molecule has 0 aromatic rings. The van der Waals surface area contributed by atoms with Gasteiger partial charge in [-0.15, -0.1) is 0 Å². The quantitative estimate of drug-likeness (QED) is 0.787. The third-order valence-electron chi connectivity index (χ3n) is 4.99. The lowest BCUT2D eigenvalue weighted by Crippen LogP contribution is -2.60. The van der Waals surface area contributed by atoms with Gasteiger partial charge in [-0.3, -0.25) is 9.69 Å². The second-order valence-corrected chi connectivity index (χ2v) is 6.46. The minimum absolute atomic E-state index is 0.110. The average Bonchev–Trinajstić information content (AvgIpc) is 3.31. The Labute approximate surface area is 121 Å². The van der Waals surface area contributed by atoms with Gasteiger partial charge in [0.05, 0.1) is 13.2 Å². The molecule has 1 saturated heterocycles. The zero-order valence-corrected chi connectivity index (χ0v) is 12.2. The van der Waals surface area contributed by atoms with E-state index in [4.69, 9.17) is 10.5 Å². The SMILES string of the molecule is NCC1CCCCC1N1CCOCC1C(=O)NC1CC1. The van der Waals surface area contributed by atoms with Crippen molar-refractivity contribution in [1.29, 1.82) is 0 Å². The number of rotatable bonds is 4. The summed E-state index contributed by atoms with van der Waals surface area (Å²) in [4.78, 5) is 14.8. The van der Waals surface area contributed by atoms with E-state index in [0.29, 0.717) is 24.6 Å². The van der Waals surface area contributed by atoms with Crippen LogP contribution in [-0.2, 0) is 9.53 Å². The molecule has 2 aliphatic carbocycles. The maximum absolute atomic E-state index is 12.4. The van der Waals surface area contributed by atoms with Gasteiger partial charge < -0.3 is 15.8 Å². The maximum atomic E-state index is 12.4. The Hall–Kier alpha value is -0.650. The molecule has 3 unspecified atom stereocenters. The van der Waals surface area contributed by atoms with E-state index in [2.05, 4.69) is 10.2 Å². The second-order valence-electron chi connectivity index (χ2n) is 6.46. The Morgan fingerprint density at radius 1 is 1.25 bits per heavy atom. The first-order valence-electron chi connectivity index (χ1n) is 8.13. The Bertz CT molecular complexity index is 346. The van der Waals surface area contributed by atoms with Crippen LogP contribution in [0.4, 0.5) is 0 Å². The molecule has 1 heterocycles. The van der Waals surface area contributed by atoms with Gasteiger partial charge in [0.2, 0.25) is 5.91 Å². The molecule has 3 rings (SSSR count). The van der Waals surface area contributed by atoms with E-state index < -0.39 is 0 Å². The van der Waals surface area contributed by atoms with Crippen LogP contribution in [0.1, 0.15) is 38.5 Å². The van der Waals surface area contributed by atoms with Crippen LogP contribution in [0, 0.1) is 5.92 Å². The third-order valence-corrected chi connectivity index (χ3v) is 4.99. The molecule has 0 aromatic carbocycles. The largest absolute Gasteiger partial charge is 0.378 e. The summed E-state index contributed by atoms with van der Waals surface area (Å²) >= 11 is 0. The molecule has 20 heavy (non-hydrogen) atoms. The topological polar surface area (TPSA) is 67.6 Å². The zero-order chi connectivity index (χ0) is 13.9. The molecule has 0 radical (unpaired) electrons. The average molecular weight is 281 g/mol. The number of ether oxygens (including phenoxy) is 1. The molecule has 0 spiro atoms. The van der Waals surface area contributed by atoms with Crippen molar-refractivity contribution in [3.05, 3.63) is 0 Å². The summed E-state index contributed by atoms with van der Waals surface area (Å²) in [6.45, 7) is 2.87. The monoisotopic (exact) mass is 281 g/mol. The van der Waals surface area contributed by atoms with Crippen LogP contribution in [0.15, 0.2) is 0 Å². The highest BCUT2D eigenvalue weighted by atomic mass is 16.5. The molecule has 3 aliphatic rings. The minimum atomic E-state index is -0.110. The highest BCUT2D eigenvalue weighted by Crippen LogP contribution is 2.30. The molecule has 5 nitrogen and oxygen atoms in total. The molecule has 3 N–H and O–H groups in total. The Morgan fingerprint density at radius 3 is 2.80 bits per heavy atom. The first-order chi connectivity index (χ1) is 9.79. The maximum Gasteiger partial charge on any atom is 0.239 e. The van der Waals surface area contributed by atoms with Crippen molar-refractivity contribution in [3.8, 4) is 0 Å². The summed E-state index contributed by atoms with van der Waals surface area (Å²) in [6.07, 6.45) is 7.18. The summed E-state index contributed by atoms with van der Waals surface area (Å²) in [5.74, 6) is 0.701. The second kappa shape index (κ2) is 6.41. The van der Waals surface area contributed by atoms with Gasteiger partial charge in [0, 0.05) is 18.6 Å². The third kappa shape index (κ3) is 3.15. The smallest absolute Gasteiger partial charge is 0.239 e. The van der Waals surface area contributed by atoms with Crippen molar-refractivity contribution in [3.63, 3.8) is 0 Å². The Morgan fingerprint density at radius 2 is 2.05 bits per heavy atom. The number of amides is 1. The molecule has 3 fully saturated rings. The van der Waals surface area contributed by atoms with Crippen molar-refractivity contribution in [1.82, 2.24) is 10.2 Å². The van der Waals surface area contributed by atoms with E-state index in [-0.39, 0.29) is 11.9 Å². The fourth-order valence-corrected chi connectivity index (χ4v) is 3.66. The van der Waals surface area contributed by atoms with Crippen LogP contribution in [-0.4, -0.2) is 55.2 Å². The van der Waals surface area contributed by atoms with Gasteiger partial charge in [0.1, 0.15) is 6.04 Å². The molecule has 0 bridgehead atoms. The van der Waals surface area contributed by atoms with E-state index in [0.717, 1.165) is 32.5 Å². The summed E-state index contributed by atoms with van der Waals surface area (Å²) in [5, 5.41) is 3.13.